The van der Waals surface area contributed by atoms with Gasteiger partial charge in [-0.1, -0.05) is 11.6 Å². The second-order valence-electron chi connectivity index (χ2n) is 3.29. The first-order chi connectivity index (χ1) is 8.12. The second-order valence-corrected chi connectivity index (χ2v) is 3.73. The highest BCUT2D eigenvalue weighted by atomic mass is 35.5. The van der Waals surface area contributed by atoms with Crippen molar-refractivity contribution in [1.82, 2.24) is 0 Å². The van der Waals surface area contributed by atoms with Gasteiger partial charge in [0.15, 0.2) is 0 Å². The predicted molar refractivity (Wildman–Crippen MR) is 73.7 cm³/mol. The van der Waals surface area contributed by atoms with Gasteiger partial charge in [0.05, 0.1) is 12.8 Å². The van der Waals surface area contributed by atoms with Crippen LogP contribution in [-0.4, -0.2) is 32.8 Å². The third-order valence-corrected chi connectivity index (χ3v) is 2.45. The number of benzene rings is 1. The third kappa shape index (κ3) is 4.34. The first-order valence-electron chi connectivity index (χ1n) is 4.99. The number of nitrogens with two attached hydrogens (primary N) is 1. The van der Waals surface area contributed by atoms with Crippen molar-refractivity contribution in [1.29, 1.82) is 0 Å². The molecule has 7 heteroatoms. The lowest BCUT2D eigenvalue weighted by atomic mass is 10.2. The fourth-order valence-electron chi connectivity index (χ4n) is 1.30. The predicted octanol–water partition coefficient (Wildman–Crippen LogP) is 1.68. The fourth-order valence-corrected chi connectivity index (χ4v) is 1.47. The third-order valence-electron chi connectivity index (χ3n) is 2.21. The van der Waals surface area contributed by atoms with Crippen LogP contribution in [0.2, 0.25) is 5.02 Å². The number of ether oxygens (including phenoxy) is 2. The monoisotopic (exact) mass is 294 g/mol. The molecule has 0 aliphatic carbocycles. The van der Waals surface area contributed by atoms with Crippen molar-refractivity contribution in [2.24, 2.45) is 5.73 Å². The van der Waals surface area contributed by atoms with Crippen molar-refractivity contribution in [3.63, 3.8) is 0 Å². The summed E-state index contributed by atoms with van der Waals surface area (Å²) in [6.45, 7) is 0.102. The van der Waals surface area contributed by atoms with Crippen LogP contribution in [0.5, 0.6) is 5.75 Å². The Morgan fingerprint density at radius 2 is 2.17 bits per heavy atom. The van der Waals surface area contributed by atoms with Crippen molar-refractivity contribution < 1.29 is 14.3 Å². The summed E-state index contributed by atoms with van der Waals surface area (Å²) < 4.78 is 10.0. The maximum Gasteiger partial charge on any atom is 0.254 e. The van der Waals surface area contributed by atoms with Crippen LogP contribution in [0.25, 0.3) is 0 Å². The number of methoxy groups -OCH3 is 2. The van der Waals surface area contributed by atoms with Crippen molar-refractivity contribution in [2.45, 2.75) is 6.10 Å². The van der Waals surface area contributed by atoms with E-state index in [1.165, 1.54) is 14.2 Å². The van der Waals surface area contributed by atoms with Gasteiger partial charge in [-0.15, -0.1) is 12.4 Å². The van der Waals surface area contributed by atoms with Gasteiger partial charge in [0, 0.05) is 18.7 Å². The molecule has 0 radical (unpaired) electrons. The normalized spacial score (nSPS) is 11.3. The van der Waals surface area contributed by atoms with E-state index in [0.29, 0.717) is 16.5 Å². The largest absolute Gasteiger partial charge is 0.495 e. The van der Waals surface area contributed by atoms with Crippen molar-refractivity contribution >= 4 is 35.6 Å². The van der Waals surface area contributed by atoms with Gasteiger partial charge >= 0.3 is 0 Å². The lowest BCUT2D eigenvalue weighted by molar-refractivity contribution is -0.125. The van der Waals surface area contributed by atoms with Gasteiger partial charge in [-0.2, -0.15) is 0 Å². The summed E-state index contributed by atoms with van der Waals surface area (Å²) in [5.74, 6) is 0.185. The van der Waals surface area contributed by atoms with E-state index < -0.39 is 6.10 Å². The lowest BCUT2D eigenvalue weighted by Crippen LogP contribution is -2.36. The minimum Gasteiger partial charge on any atom is -0.495 e. The molecule has 0 aliphatic heterocycles. The Kier molecular flexibility index (Phi) is 7.70. The van der Waals surface area contributed by atoms with Crippen molar-refractivity contribution in [2.75, 3.05) is 26.1 Å². The van der Waals surface area contributed by atoms with E-state index >= 15 is 0 Å². The van der Waals surface area contributed by atoms with Crippen LogP contribution in [0.3, 0.4) is 0 Å². The average molecular weight is 295 g/mol. The minimum atomic E-state index is -0.696. The van der Waals surface area contributed by atoms with Crippen LogP contribution in [0, 0.1) is 0 Å². The summed E-state index contributed by atoms with van der Waals surface area (Å²) in [7, 11) is 2.93. The van der Waals surface area contributed by atoms with Crippen LogP contribution < -0.4 is 15.8 Å². The molecule has 18 heavy (non-hydrogen) atoms. The molecule has 0 saturated heterocycles. The molecule has 1 aromatic carbocycles. The number of nitrogens with one attached hydrogen (secondary N) is 1. The van der Waals surface area contributed by atoms with Crippen molar-refractivity contribution in [3.05, 3.63) is 23.2 Å². The molecular weight excluding hydrogens is 279 g/mol. The molecule has 0 saturated carbocycles. The zero-order valence-electron chi connectivity index (χ0n) is 10.1. The first kappa shape index (κ1) is 17.0. The van der Waals surface area contributed by atoms with Crippen LogP contribution in [-0.2, 0) is 9.53 Å². The van der Waals surface area contributed by atoms with Crippen LogP contribution in [0.1, 0.15) is 0 Å². The van der Waals surface area contributed by atoms with Gasteiger partial charge in [0.25, 0.3) is 5.91 Å². The van der Waals surface area contributed by atoms with Crippen LogP contribution in [0.15, 0.2) is 18.2 Å². The first-order valence-corrected chi connectivity index (χ1v) is 5.37. The number of hydrogen-bond acceptors (Lipinski definition) is 4. The number of amides is 1. The SMILES string of the molecule is COc1ccc(Cl)cc1NC(=O)C(CN)OC.Cl. The number of carbonyl (C=O) groups is 1. The van der Waals surface area contributed by atoms with Gasteiger partial charge in [-0.3, -0.25) is 4.79 Å². The molecule has 3 N–H and O–H groups in total. The molecule has 1 rings (SSSR count). The summed E-state index contributed by atoms with van der Waals surface area (Å²) >= 11 is 5.84. The summed E-state index contributed by atoms with van der Waals surface area (Å²) in [5.41, 5.74) is 5.88. The van der Waals surface area contributed by atoms with Gasteiger partial charge < -0.3 is 20.5 Å². The smallest absolute Gasteiger partial charge is 0.254 e. The molecule has 0 bridgehead atoms. The van der Waals surface area contributed by atoms with Crippen LogP contribution in [0.4, 0.5) is 5.69 Å². The maximum absolute atomic E-state index is 11.7. The molecule has 0 spiro atoms. The van der Waals surface area contributed by atoms with Gasteiger partial charge in [0.2, 0.25) is 0 Å². The molecule has 102 valence electrons. The molecule has 0 fully saturated rings. The van der Waals surface area contributed by atoms with Gasteiger partial charge in [-0.25, -0.2) is 0 Å². The van der Waals surface area contributed by atoms with E-state index in [1.54, 1.807) is 18.2 Å². The van der Waals surface area contributed by atoms with E-state index in [4.69, 9.17) is 26.8 Å². The highest BCUT2D eigenvalue weighted by molar-refractivity contribution is 6.31. The average Bonchev–Trinajstić information content (AvgIpc) is 2.31. The molecule has 1 unspecified atom stereocenters. The van der Waals surface area contributed by atoms with Crippen LogP contribution >= 0.6 is 24.0 Å². The fraction of sp³-hybridized carbons (Fsp3) is 0.364. The van der Waals surface area contributed by atoms with E-state index in [-0.39, 0.29) is 24.9 Å². The van der Waals surface area contributed by atoms with E-state index in [2.05, 4.69) is 5.32 Å². The summed E-state index contributed by atoms with van der Waals surface area (Å²) in [6.07, 6.45) is -0.696. The summed E-state index contributed by atoms with van der Waals surface area (Å²) in [5, 5.41) is 3.15. The number of hydrogen-bond donors (Lipinski definition) is 2. The molecular formula is C11H16Cl2N2O3. The van der Waals surface area contributed by atoms with Gasteiger partial charge in [0.1, 0.15) is 11.9 Å². The molecule has 5 nitrogen and oxygen atoms in total. The number of anilines is 1. The Labute approximate surface area is 117 Å². The summed E-state index contributed by atoms with van der Waals surface area (Å²) in [4.78, 5) is 11.7. The zero-order chi connectivity index (χ0) is 12.8. The molecule has 0 heterocycles. The highest BCUT2D eigenvalue weighted by Gasteiger charge is 2.17. The quantitative estimate of drug-likeness (QED) is 0.867. The van der Waals surface area contributed by atoms with E-state index in [1.807, 2.05) is 0 Å². The molecule has 0 aromatic heterocycles. The Balaban J connectivity index is 0.00000289. The van der Waals surface area contributed by atoms with Gasteiger partial charge in [-0.05, 0) is 18.2 Å². The van der Waals surface area contributed by atoms with Crippen molar-refractivity contribution in [3.8, 4) is 5.75 Å². The standard InChI is InChI=1S/C11H15ClN2O3.ClH/c1-16-9-4-3-7(12)5-8(9)14-11(15)10(6-13)17-2;/h3-5,10H,6,13H2,1-2H3,(H,14,15);1H. The topological polar surface area (TPSA) is 73.6 Å². The minimum absolute atomic E-state index is 0. The lowest BCUT2D eigenvalue weighted by Gasteiger charge is -2.15. The molecule has 0 aliphatic rings. The Morgan fingerprint density at radius 1 is 1.50 bits per heavy atom. The Bertz CT molecular complexity index is 398. The van der Waals surface area contributed by atoms with E-state index in [0.717, 1.165) is 0 Å². The number of halogens is 2. The Hall–Kier alpha value is -1.01. The second kappa shape index (κ2) is 8.16. The Morgan fingerprint density at radius 3 is 2.67 bits per heavy atom. The summed E-state index contributed by atoms with van der Waals surface area (Å²) in [6, 6.07) is 4.94. The maximum atomic E-state index is 11.7. The number of rotatable bonds is 5. The highest BCUT2D eigenvalue weighted by Crippen LogP contribution is 2.27. The molecule has 1 aromatic rings. The number of carbonyl (C=O) groups excluding carboxylic acids is 1. The van der Waals surface area contributed by atoms with E-state index in [9.17, 15) is 4.79 Å². The molecule has 1 amide bonds. The molecule has 1 atom stereocenters. The zero-order valence-corrected chi connectivity index (χ0v) is 11.7.